The van der Waals surface area contributed by atoms with Crippen LogP contribution in [0.25, 0.3) is 0 Å². The average Bonchev–Trinajstić information content (AvgIpc) is 2.45. The molecular formula is C18H34N2O. The Morgan fingerprint density at radius 2 is 1.81 bits per heavy atom. The summed E-state index contributed by atoms with van der Waals surface area (Å²) in [6, 6.07) is 0.793. The van der Waals surface area contributed by atoms with E-state index in [9.17, 15) is 4.79 Å². The quantitative estimate of drug-likeness (QED) is 0.859. The maximum atomic E-state index is 13.2. The third-order valence-corrected chi connectivity index (χ3v) is 5.74. The highest BCUT2D eigenvalue weighted by molar-refractivity contribution is 5.80. The van der Waals surface area contributed by atoms with Gasteiger partial charge in [-0.3, -0.25) is 4.79 Å². The number of carbonyl (C=O) groups excluding carboxylic acids is 1. The number of nitrogens with two attached hydrogens (primary N) is 1. The SMILES string of the molecule is CCCN(C(=O)C1CCCCC1(C)C)C1CCC(N)CC1. The van der Waals surface area contributed by atoms with E-state index < -0.39 is 0 Å². The van der Waals surface area contributed by atoms with Crippen molar-refractivity contribution < 1.29 is 4.79 Å². The van der Waals surface area contributed by atoms with Gasteiger partial charge in [0.05, 0.1) is 0 Å². The lowest BCUT2D eigenvalue weighted by Crippen LogP contribution is -2.50. The molecule has 2 aliphatic rings. The van der Waals surface area contributed by atoms with Gasteiger partial charge in [0.2, 0.25) is 5.91 Å². The molecule has 3 heteroatoms. The zero-order valence-electron chi connectivity index (χ0n) is 14.2. The largest absolute Gasteiger partial charge is 0.339 e. The molecule has 2 fully saturated rings. The van der Waals surface area contributed by atoms with Crippen molar-refractivity contribution in [2.45, 2.75) is 90.6 Å². The molecule has 2 N–H and O–H groups in total. The smallest absolute Gasteiger partial charge is 0.226 e. The van der Waals surface area contributed by atoms with Crippen molar-refractivity contribution >= 4 is 5.91 Å². The number of carbonyl (C=O) groups is 1. The Balaban J connectivity index is 2.07. The highest BCUT2D eigenvalue weighted by atomic mass is 16.2. The highest BCUT2D eigenvalue weighted by Crippen LogP contribution is 2.42. The minimum Gasteiger partial charge on any atom is -0.339 e. The van der Waals surface area contributed by atoms with Crippen molar-refractivity contribution in [1.29, 1.82) is 0 Å². The molecule has 2 saturated carbocycles. The van der Waals surface area contributed by atoms with Crippen LogP contribution >= 0.6 is 0 Å². The van der Waals surface area contributed by atoms with Gasteiger partial charge in [-0.1, -0.05) is 33.6 Å². The molecule has 21 heavy (non-hydrogen) atoms. The van der Waals surface area contributed by atoms with Gasteiger partial charge >= 0.3 is 0 Å². The lowest BCUT2D eigenvalue weighted by atomic mass is 9.68. The normalized spacial score (nSPS) is 32.7. The minimum atomic E-state index is 0.173. The van der Waals surface area contributed by atoms with Crippen molar-refractivity contribution in [3.63, 3.8) is 0 Å². The molecule has 0 saturated heterocycles. The summed E-state index contributed by atoms with van der Waals surface area (Å²) in [7, 11) is 0. The first-order valence-corrected chi connectivity index (χ1v) is 9.01. The average molecular weight is 294 g/mol. The van der Waals surface area contributed by atoms with E-state index in [4.69, 9.17) is 5.73 Å². The van der Waals surface area contributed by atoms with E-state index in [1.54, 1.807) is 0 Å². The molecule has 1 amide bonds. The van der Waals surface area contributed by atoms with Crippen molar-refractivity contribution in [2.75, 3.05) is 6.54 Å². The fourth-order valence-corrected chi connectivity index (χ4v) is 4.28. The molecule has 0 spiro atoms. The van der Waals surface area contributed by atoms with Gasteiger partial charge in [-0.2, -0.15) is 0 Å². The Labute approximate surface area is 130 Å². The second kappa shape index (κ2) is 7.13. The van der Waals surface area contributed by atoms with E-state index in [1.165, 1.54) is 19.3 Å². The van der Waals surface area contributed by atoms with Gasteiger partial charge in [0.25, 0.3) is 0 Å². The first kappa shape index (κ1) is 16.8. The van der Waals surface area contributed by atoms with Crippen LogP contribution < -0.4 is 5.73 Å². The van der Waals surface area contributed by atoms with Gasteiger partial charge in [0.1, 0.15) is 0 Å². The monoisotopic (exact) mass is 294 g/mol. The van der Waals surface area contributed by atoms with E-state index in [2.05, 4.69) is 25.7 Å². The molecular weight excluding hydrogens is 260 g/mol. The van der Waals surface area contributed by atoms with Gasteiger partial charge in [0, 0.05) is 24.5 Å². The Kier molecular flexibility index (Phi) is 5.70. The Bertz CT molecular complexity index is 345. The first-order chi connectivity index (χ1) is 9.95. The minimum absolute atomic E-state index is 0.173. The second-order valence-corrected chi connectivity index (χ2v) is 7.89. The summed E-state index contributed by atoms with van der Waals surface area (Å²) < 4.78 is 0. The third-order valence-electron chi connectivity index (χ3n) is 5.74. The van der Waals surface area contributed by atoms with Gasteiger partial charge < -0.3 is 10.6 Å². The molecule has 0 aromatic heterocycles. The summed E-state index contributed by atoms with van der Waals surface area (Å²) in [5, 5.41) is 0. The van der Waals surface area contributed by atoms with E-state index in [0.717, 1.165) is 45.1 Å². The Morgan fingerprint density at radius 1 is 1.14 bits per heavy atom. The Hall–Kier alpha value is -0.570. The predicted molar refractivity (Wildman–Crippen MR) is 88.0 cm³/mol. The summed E-state index contributed by atoms with van der Waals surface area (Å²) in [6.45, 7) is 7.68. The molecule has 2 aliphatic carbocycles. The second-order valence-electron chi connectivity index (χ2n) is 7.89. The summed E-state index contributed by atoms with van der Waals surface area (Å²) in [5.74, 6) is 0.662. The topological polar surface area (TPSA) is 46.3 Å². The van der Waals surface area contributed by atoms with Gasteiger partial charge in [-0.25, -0.2) is 0 Å². The number of hydrogen-bond acceptors (Lipinski definition) is 2. The number of hydrogen-bond donors (Lipinski definition) is 1. The number of amides is 1. The highest BCUT2D eigenvalue weighted by Gasteiger charge is 2.40. The van der Waals surface area contributed by atoms with Crippen LogP contribution in [0.1, 0.15) is 78.6 Å². The fraction of sp³-hybridized carbons (Fsp3) is 0.944. The maximum absolute atomic E-state index is 13.2. The van der Waals surface area contributed by atoms with Crippen LogP contribution in [0.4, 0.5) is 0 Å². The van der Waals surface area contributed by atoms with Crippen LogP contribution in [0.5, 0.6) is 0 Å². The fourth-order valence-electron chi connectivity index (χ4n) is 4.28. The lowest BCUT2D eigenvalue weighted by molar-refractivity contribution is -0.144. The van der Waals surface area contributed by atoms with Crippen molar-refractivity contribution in [1.82, 2.24) is 4.90 Å². The van der Waals surface area contributed by atoms with Gasteiger partial charge in [-0.15, -0.1) is 0 Å². The zero-order chi connectivity index (χ0) is 15.5. The van der Waals surface area contributed by atoms with Crippen LogP contribution in [0, 0.1) is 11.3 Å². The van der Waals surface area contributed by atoms with Crippen LogP contribution in [0.3, 0.4) is 0 Å². The standard InChI is InChI=1S/C18H34N2O/c1-4-13-20(15-10-8-14(19)9-11-15)17(21)16-7-5-6-12-18(16,2)3/h14-16H,4-13,19H2,1-3H3. The molecule has 0 aromatic rings. The maximum Gasteiger partial charge on any atom is 0.226 e. The van der Waals surface area contributed by atoms with Crippen LogP contribution in [0.15, 0.2) is 0 Å². The van der Waals surface area contributed by atoms with Gasteiger partial charge in [-0.05, 0) is 50.4 Å². The molecule has 0 aliphatic heterocycles. The molecule has 0 radical (unpaired) electrons. The summed E-state index contributed by atoms with van der Waals surface area (Å²) in [5.41, 5.74) is 6.20. The Morgan fingerprint density at radius 3 is 2.38 bits per heavy atom. The molecule has 0 heterocycles. The molecule has 2 rings (SSSR count). The van der Waals surface area contributed by atoms with E-state index >= 15 is 0 Å². The number of rotatable bonds is 4. The summed E-state index contributed by atoms with van der Waals surface area (Å²) in [4.78, 5) is 15.4. The van der Waals surface area contributed by atoms with Crippen LogP contribution in [-0.4, -0.2) is 29.4 Å². The van der Waals surface area contributed by atoms with Crippen molar-refractivity contribution in [3.05, 3.63) is 0 Å². The summed E-state index contributed by atoms with van der Waals surface area (Å²) >= 11 is 0. The summed E-state index contributed by atoms with van der Waals surface area (Å²) in [6.07, 6.45) is 10.2. The number of nitrogens with zero attached hydrogens (tertiary/aromatic N) is 1. The van der Waals surface area contributed by atoms with E-state index in [0.29, 0.717) is 18.0 Å². The van der Waals surface area contributed by atoms with Crippen molar-refractivity contribution in [2.24, 2.45) is 17.1 Å². The molecule has 1 unspecified atom stereocenters. The molecule has 3 nitrogen and oxygen atoms in total. The van der Waals surface area contributed by atoms with Gasteiger partial charge in [0.15, 0.2) is 0 Å². The molecule has 1 atom stereocenters. The van der Waals surface area contributed by atoms with Crippen LogP contribution in [-0.2, 0) is 4.79 Å². The van der Waals surface area contributed by atoms with Crippen LogP contribution in [0.2, 0.25) is 0 Å². The lowest BCUT2D eigenvalue weighted by Gasteiger charge is -2.43. The first-order valence-electron chi connectivity index (χ1n) is 9.01. The van der Waals surface area contributed by atoms with Crippen molar-refractivity contribution in [3.8, 4) is 0 Å². The molecule has 0 bridgehead atoms. The van der Waals surface area contributed by atoms with E-state index in [1.807, 2.05) is 0 Å². The molecule has 0 aromatic carbocycles. The van der Waals surface area contributed by atoms with E-state index in [-0.39, 0.29) is 11.3 Å². The molecule has 122 valence electrons. The zero-order valence-corrected chi connectivity index (χ0v) is 14.2. The third kappa shape index (κ3) is 4.00. The predicted octanol–water partition coefficient (Wildman–Crippen LogP) is 3.71.